The van der Waals surface area contributed by atoms with Gasteiger partial charge in [-0.1, -0.05) is 30.3 Å². The zero-order valence-electron chi connectivity index (χ0n) is 10.4. The van der Waals surface area contributed by atoms with Gasteiger partial charge in [0.05, 0.1) is 6.54 Å². The molecule has 1 aromatic carbocycles. The summed E-state index contributed by atoms with van der Waals surface area (Å²) in [5, 5.41) is 0. The molecular formula is C13H17N3O2. The summed E-state index contributed by atoms with van der Waals surface area (Å²) in [5.41, 5.74) is 6.71. The number of hydrogen-bond acceptors (Lipinski definition) is 3. The van der Waals surface area contributed by atoms with Gasteiger partial charge in [0.2, 0.25) is 11.8 Å². The van der Waals surface area contributed by atoms with E-state index in [1.165, 1.54) is 4.90 Å². The summed E-state index contributed by atoms with van der Waals surface area (Å²) in [6.07, 6.45) is 0. The van der Waals surface area contributed by atoms with Crippen molar-refractivity contribution in [2.75, 3.05) is 26.7 Å². The number of carbonyl (C=O) groups excluding carboxylic acids is 2. The highest BCUT2D eigenvalue weighted by Crippen LogP contribution is 2.14. The average molecular weight is 247 g/mol. The molecule has 2 amide bonds. The number of likely N-dealkylation sites (N-methyl/N-ethyl adjacent to an activating group) is 1. The molecule has 96 valence electrons. The van der Waals surface area contributed by atoms with Gasteiger partial charge in [-0.05, 0) is 5.56 Å². The van der Waals surface area contributed by atoms with Gasteiger partial charge >= 0.3 is 0 Å². The van der Waals surface area contributed by atoms with Crippen LogP contribution < -0.4 is 5.73 Å². The van der Waals surface area contributed by atoms with Gasteiger partial charge in [-0.15, -0.1) is 0 Å². The predicted octanol–water partition coefficient (Wildman–Crippen LogP) is -0.0130. The van der Waals surface area contributed by atoms with E-state index in [2.05, 4.69) is 0 Å². The minimum Gasteiger partial charge on any atom is -0.342 e. The van der Waals surface area contributed by atoms with Crippen LogP contribution in [0.15, 0.2) is 30.3 Å². The SMILES string of the molecule is CN1CCN(C(=O)[C@@H](N)c2ccccc2)CC1=O. The summed E-state index contributed by atoms with van der Waals surface area (Å²) >= 11 is 0. The molecule has 1 heterocycles. The van der Waals surface area contributed by atoms with Crippen LogP contribution in [0.4, 0.5) is 0 Å². The lowest BCUT2D eigenvalue weighted by Crippen LogP contribution is -2.52. The summed E-state index contributed by atoms with van der Waals surface area (Å²) in [6.45, 7) is 1.23. The van der Waals surface area contributed by atoms with Gasteiger partial charge in [0.1, 0.15) is 6.04 Å². The Hall–Kier alpha value is -1.88. The number of amides is 2. The van der Waals surface area contributed by atoms with E-state index in [0.717, 1.165) is 5.56 Å². The van der Waals surface area contributed by atoms with E-state index in [0.29, 0.717) is 13.1 Å². The molecule has 1 fully saturated rings. The minimum atomic E-state index is -0.692. The standard InChI is InChI=1S/C13H17N3O2/c1-15-7-8-16(9-11(15)17)13(18)12(14)10-5-3-2-4-6-10/h2-6,12H,7-9,14H2,1H3/t12-/m0/s1. The Bertz CT molecular complexity index is 447. The maximum atomic E-state index is 12.2. The molecule has 5 nitrogen and oxygen atoms in total. The summed E-state index contributed by atoms with van der Waals surface area (Å²) in [5.74, 6) is -0.238. The number of nitrogens with zero attached hydrogens (tertiary/aromatic N) is 2. The van der Waals surface area contributed by atoms with Gasteiger partial charge in [-0.3, -0.25) is 9.59 Å². The Morgan fingerprint density at radius 2 is 1.94 bits per heavy atom. The lowest BCUT2D eigenvalue weighted by Gasteiger charge is -2.33. The van der Waals surface area contributed by atoms with Crippen molar-refractivity contribution in [3.8, 4) is 0 Å². The van der Waals surface area contributed by atoms with Crippen LogP contribution in [0.3, 0.4) is 0 Å². The molecule has 0 unspecified atom stereocenters. The highest BCUT2D eigenvalue weighted by atomic mass is 16.2. The highest BCUT2D eigenvalue weighted by molar-refractivity contribution is 5.89. The molecule has 0 aromatic heterocycles. The minimum absolute atomic E-state index is 0.0464. The fourth-order valence-corrected chi connectivity index (χ4v) is 1.95. The zero-order valence-corrected chi connectivity index (χ0v) is 10.4. The van der Waals surface area contributed by atoms with Crippen molar-refractivity contribution < 1.29 is 9.59 Å². The first-order valence-electron chi connectivity index (χ1n) is 5.93. The number of benzene rings is 1. The van der Waals surface area contributed by atoms with E-state index in [1.807, 2.05) is 30.3 Å². The second kappa shape index (κ2) is 5.18. The molecule has 1 aliphatic rings. The van der Waals surface area contributed by atoms with E-state index in [1.54, 1.807) is 11.9 Å². The molecule has 2 N–H and O–H groups in total. The van der Waals surface area contributed by atoms with Crippen molar-refractivity contribution in [1.29, 1.82) is 0 Å². The van der Waals surface area contributed by atoms with Crippen molar-refractivity contribution in [2.24, 2.45) is 5.73 Å². The summed E-state index contributed by atoms with van der Waals surface area (Å²) in [7, 11) is 1.74. The topological polar surface area (TPSA) is 66.6 Å². The van der Waals surface area contributed by atoms with Gasteiger partial charge in [0, 0.05) is 20.1 Å². The molecule has 0 radical (unpaired) electrons. The molecule has 1 aliphatic heterocycles. The molecule has 0 spiro atoms. The van der Waals surface area contributed by atoms with E-state index in [9.17, 15) is 9.59 Å². The smallest absolute Gasteiger partial charge is 0.244 e. The molecule has 18 heavy (non-hydrogen) atoms. The van der Waals surface area contributed by atoms with Gasteiger partial charge in [-0.2, -0.15) is 0 Å². The summed E-state index contributed by atoms with van der Waals surface area (Å²) < 4.78 is 0. The predicted molar refractivity (Wildman–Crippen MR) is 67.6 cm³/mol. The number of carbonyl (C=O) groups is 2. The highest BCUT2D eigenvalue weighted by Gasteiger charge is 2.28. The second-order valence-electron chi connectivity index (χ2n) is 4.46. The Balaban J connectivity index is 2.06. The van der Waals surface area contributed by atoms with Crippen LogP contribution in [0.2, 0.25) is 0 Å². The van der Waals surface area contributed by atoms with Crippen LogP contribution in [-0.2, 0) is 9.59 Å². The lowest BCUT2D eigenvalue weighted by atomic mass is 10.1. The molecule has 0 saturated carbocycles. The Morgan fingerprint density at radius 3 is 2.56 bits per heavy atom. The van der Waals surface area contributed by atoms with Crippen molar-refractivity contribution in [3.05, 3.63) is 35.9 Å². The van der Waals surface area contributed by atoms with Crippen molar-refractivity contribution in [2.45, 2.75) is 6.04 Å². The van der Waals surface area contributed by atoms with E-state index in [-0.39, 0.29) is 18.4 Å². The van der Waals surface area contributed by atoms with E-state index in [4.69, 9.17) is 5.73 Å². The third-order valence-electron chi connectivity index (χ3n) is 3.19. The number of piperazine rings is 1. The van der Waals surface area contributed by atoms with Gasteiger partial charge in [-0.25, -0.2) is 0 Å². The normalized spacial score (nSPS) is 17.8. The maximum Gasteiger partial charge on any atom is 0.244 e. The van der Waals surface area contributed by atoms with E-state index >= 15 is 0 Å². The molecule has 0 aliphatic carbocycles. The quantitative estimate of drug-likeness (QED) is 0.799. The molecule has 1 atom stereocenters. The number of nitrogens with two attached hydrogens (primary N) is 1. The van der Waals surface area contributed by atoms with Crippen molar-refractivity contribution >= 4 is 11.8 Å². The van der Waals surface area contributed by atoms with Gasteiger partial charge in [0.15, 0.2) is 0 Å². The van der Waals surface area contributed by atoms with Crippen LogP contribution in [0.1, 0.15) is 11.6 Å². The molecule has 2 rings (SSSR count). The zero-order chi connectivity index (χ0) is 13.1. The molecule has 1 aromatic rings. The summed E-state index contributed by atoms with van der Waals surface area (Å²) in [4.78, 5) is 26.9. The van der Waals surface area contributed by atoms with Crippen LogP contribution in [0.5, 0.6) is 0 Å². The Labute approximate surface area is 106 Å². The molecule has 0 bridgehead atoms. The lowest BCUT2D eigenvalue weighted by molar-refractivity contribution is -0.145. The summed E-state index contributed by atoms with van der Waals surface area (Å²) in [6, 6.07) is 8.51. The maximum absolute atomic E-state index is 12.2. The largest absolute Gasteiger partial charge is 0.342 e. The molecule has 5 heteroatoms. The first-order chi connectivity index (χ1) is 8.59. The monoisotopic (exact) mass is 247 g/mol. The number of hydrogen-bond donors (Lipinski definition) is 1. The number of rotatable bonds is 2. The van der Waals surface area contributed by atoms with Gasteiger partial charge < -0.3 is 15.5 Å². The van der Waals surface area contributed by atoms with Crippen molar-refractivity contribution in [3.63, 3.8) is 0 Å². The average Bonchev–Trinajstić information content (AvgIpc) is 2.41. The van der Waals surface area contributed by atoms with Gasteiger partial charge in [0.25, 0.3) is 0 Å². The Kier molecular flexibility index (Phi) is 3.62. The van der Waals surface area contributed by atoms with Crippen LogP contribution in [0.25, 0.3) is 0 Å². The fraction of sp³-hybridized carbons (Fsp3) is 0.385. The van der Waals surface area contributed by atoms with Crippen molar-refractivity contribution in [1.82, 2.24) is 9.80 Å². The Morgan fingerprint density at radius 1 is 1.28 bits per heavy atom. The van der Waals surface area contributed by atoms with E-state index < -0.39 is 6.04 Å². The fourth-order valence-electron chi connectivity index (χ4n) is 1.95. The molecule has 1 saturated heterocycles. The van der Waals surface area contributed by atoms with Crippen LogP contribution in [-0.4, -0.2) is 48.3 Å². The first kappa shape index (κ1) is 12.6. The van der Waals surface area contributed by atoms with Crippen LogP contribution in [0, 0.1) is 0 Å². The molecular weight excluding hydrogens is 230 g/mol. The first-order valence-corrected chi connectivity index (χ1v) is 5.93. The van der Waals surface area contributed by atoms with Crippen LogP contribution >= 0.6 is 0 Å². The third kappa shape index (κ3) is 2.51. The second-order valence-corrected chi connectivity index (χ2v) is 4.46. The third-order valence-corrected chi connectivity index (χ3v) is 3.19.